The molecule has 0 aromatic heterocycles. The summed E-state index contributed by atoms with van der Waals surface area (Å²) in [4.78, 5) is 0. The summed E-state index contributed by atoms with van der Waals surface area (Å²) in [5.74, 6) is 0.639. The van der Waals surface area contributed by atoms with Gasteiger partial charge in [0.25, 0.3) is 0 Å². The minimum absolute atomic E-state index is 0.419. The number of allylic oxidation sites excluding steroid dienone is 2. The maximum absolute atomic E-state index is 5.40. The van der Waals surface area contributed by atoms with Crippen LogP contribution in [0.3, 0.4) is 0 Å². The highest BCUT2D eigenvalue weighted by atomic mass is 16.6. The summed E-state index contributed by atoms with van der Waals surface area (Å²) in [5, 5.41) is 0. The summed E-state index contributed by atoms with van der Waals surface area (Å²) in [6.07, 6.45) is 7.26. The van der Waals surface area contributed by atoms with E-state index in [0.29, 0.717) is 18.1 Å². The van der Waals surface area contributed by atoms with Gasteiger partial charge in [0, 0.05) is 0 Å². The first-order valence-corrected chi connectivity index (χ1v) is 3.83. The smallest absolute Gasteiger partial charge is 0.110 e. The van der Waals surface area contributed by atoms with Crippen LogP contribution in [0.25, 0.3) is 0 Å². The summed E-state index contributed by atoms with van der Waals surface area (Å²) < 4.78 is 5.40. The zero-order valence-electron chi connectivity index (χ0n) is 6.37. The highest BCUT2D eigenvalue weighted by molar-refractivity contribution is 5.32. The van der Waals surface area contributed by atoms with E-state index in [9.17, 15) is 0 Å². The third-order valence-corrected chi connectivity index (χ3v) is 2.11. The number of rotatable bonds is 1. The van der Waals surface area contributed by atoms with Gasteiger partial charge in [0.15, 0.2) is 0 Å². The van der Waals surface area contributed by atoms with Crippen molar-refractivity contribution < 1.29 is 4.74 Å². The number of hydrogen-bond donors (Lipinski definition) is 0. The van der Waals surface area contributed by atoms with Crippen LogP contribution in [0.2, 0.25) is 0 Å². The zero-order valence-corrected chi connectivity index (χ0v) is 6.37. The van der Waals surface area contributed by atoms with Crippen LogP contribution in [0.1, 0.15) is 13.8 Å². The topological polar surface area (TPSA) is 12.5 Å². The second-order valence-electron chi connectivity index (χ2n) is 3.23. The van der Waals surface area contributed by atoms with Gasteiger partial charge in [-0.05, 0) is 11.5 Å². The molecule has 1 saturated heterocycles. The summed E-state index contributed by atoms with van der Waals surface area (Å²) in [6.45, 7) is 4.42. The Bertz CT molecular complexity index is 201. The van der Waals surface area contributed by atoms with Gasteiger partial charge in [0.1, 0.15) is 12.2 Å². The molecule has 1 aliphatic heterocycles. The number of hydrogen-bond acceptors (Lipinski definition) is 1. The molecule has 0 amide bonds. The Hall–Kier alpha value is -0.560. The predicted octanol–water partition coefficient (Wildman–Crippen LogP) is 1.91. The van der Waals surface area contributed by atoms with Gasteiger partial charge >= 0.3 is 0 Å². The second-order valence-corrected chi connectivity index (χ2v) is 3.23. The molecule has 0 bridgehead atoms. The fraction of sp³-hybridized carbons (Fsp3) is 0.556. The molecule has 0 aromatic rings. The monoisotopic (exact) mass is 136 g/mol. The van der Waals surface area contributed by atoms with E-state index in [1.165, 1.54) is 5.57 Å². The van der Waals surface area contributed by atoms with Gasteiger partial charge in [0.2, 0.25) is 0 Å². The summed E-state index contributed by atoms with van der Waals surface area (Å²) >= 11 is 0. The van der Waals surface area contributed by atoms with Gasteiger partial charge in [-0.25, -0.2) is 0 Å². The molecule has 1 aliphatic carbocycles. The molecular formula is C9H12O. The lowest BCUT2D eigenvalue weighted by atomic mass is 9.95. The Morgan fingerprint density at radius 3 is 2.90 bits per heavy atom. The van der Waals surface area contributed by atoms with Crippen LogP contribution in [0.15, 0.2) is 23.8 Å². The third-order valence-electron chi connectivity index (χ3n) is 2.11. The molecule has 1 heteroatoms. The van der Waals surface area contributed by atoms with Crippen molar-refractivity contribution in [2.24, 2.45) is 5.92 Å². The Labute approximate surface area is 61.4 Å². The SMILES string of the molecule is CC(C)C1=CC=CC2OC12. The fourth-order valence-electron chi connectivity index (χ4n) is 1.43. The third kappa shape index (κ3) is 0.816. The molecule has 2 unspecified atom stereocenters. The van der Waals surface area contributed by atoms with E-state index >= 15 is 0 Å². The lowest BCUT2D eigenvalue weighted by molar-refractivity contribution is 0.399. The van der Waals surface area contributed by atoms with Crippen LogP contribution in [0, 0.1) is 5.92 Å². The van der Waals surface area contributed by atoms with Gasteiger partial charge in [0.05, 0.1) is 0 Å². The average molecular weight is 136 g/mol. The van der Waals surface area contributed by atoms with Crippen molar-refractivity contribution in [3.05, 3.63) is 23.8 Å². The Kier molecular flexibility index (Phi) is 1.21. The van der Waals surface area contributed by atoms with Crippen LogP contribution in [-0.4, -0.2) is 12.2 Å². The number of fused-ring (bicyclic) bond motifs is 1. The standard InChI is InChI=1S/C9H12O/c1-6(2)7-4-3-5-8-9(7)10-8/h3-6,8-9H,1-2H3. The molecule has 0 saturated carbocycles. The summed E-state index contributed by atoms with van der Waals surface area (Å²) in [5.41, 5.74) is 1.45. The van der Waals surface area contributed by atoms with Crippen LogP contribution < -0.4 is 0 Å². The van der Waals surface area contributed by atoms with Crippen LogP contribution >= 0.6 is 0 Å². The van der Waals surface area contributed by atoms with Gasteiger partial charge in [-0.15, -0.1) is 0 Å². The molecule has 54 valence electrons. The summed E-state index contributed by atoms with van der Waals surface area (Å²) in [7, 11) is 0. The quantitative estimate of drug-likeness (QED) is 0.501. The van der Waals surface area contributed by atoms with E-state index in [0.717, 1.165) is 0 Å². The first kappa shape index (κ1) is 6.17. The Morgan fingerprint density at radius 2 is 2.30 bits per heavy atom. The molecule has 10 heavy (non-hydrogen) atoms. The number of epoxide rings is 1. The lowest BCUT2D eigenvalue weighted by Crippen LogP contribution is -2.05. The maximum atomic E-state index is 5.40. The second kappa shape index (κ2) is 1.96. The lowest BCUT2D eigenvalue weighted by Gasteiger charge is -2.08. The average Bonchev–Trinajstić information content (AvgIpc) is 2.63. The molecule has 1 fully saturated rings. The first-order valence-electron chi connectivity index (χ1n) is 3.83. The molecule has 1 nitrogen and oxygen atoms in total. The molecule has 1 heterocycles. The van der Waals surface area contributed by atoms with Crippen LogP contribution in [-0.2, 0) is 4.74 Å². The van der Waals surface area contributed by atoms with E-state index < -0.39 is 0 Å². The molecule has 2 aliphatic rings. The number of ether oxygens (including phenoxy) is 1. The van der Waals surface area contributed by atoms with Crippen molar-refractivity contribution in [2.45, 2.75) is 26.1 Å². The molecule has 0 spiro atoms. The van der Waals surface area contributed by atoms with Crippen molar-refractivity contribution in [1.29, 1.82) is 0 Å². The predicted molar refractivity (Wildman–Crippen MR) is 40.7 cm³/mol. The van der Waals surface area contributed by atoms with E-state index in [1.54, 1.807) is 0 Å². The van der Waals surface area contributed by atoms with Crippen molar-refractivity contribution in [1.82, 2.24) is 0 Å². The molecular weight excluding hydrogens is 124 g/mol. The Morgan fingerprint density at radius 1 is 1.50 bits per heavy atom. The summed E-state index contributed by atoms with van der Waals surface area (Å²) in [6, 6.07) is 0. The van der Waals surface area contributed by atoms with Crippen LogP contribution in [0.4, 0.5) is 0 Å². The normalized spacial score (nSPS) is 35.7. The van der Waals surface area contributed by atoms with Gasteiger partial charge in [-0.2, -0.15) is 0 Å². The van der Waals surface area contributed by atoms with Crippen molar-refractivity contribution in [2.75, 3.05) is 0 Å². The van der Waals surface area contributed by atoms with Gasteiger partial charge in [-0.1, -0.05) is 32.1 Å². The van der Waals surface area contributed by atoms with Crippen LogP contribution in [0.5, 0.6) is 0 Å². The fourth-order valence-corrected chi connectivity index (χ4v) is 1.43. The molecule has 0 aromatic carbocycles. The highest BCUT2D eigenvalue weighted by Crippen LogP contribution is 2.36. The maximum Gasteiger partial charge on any atom is 0.110 e. The van der Waals surface area contributed by atoms with E-state index in [1.807, 2.05) is 0 Å². The Balaban J connectivity index is 2.20. The highest BCUT2D eigenvalue weighted by Gasteiger charge is 2.41. The minimum Gasteiger partial charge on any atom is -0.360 e. The molecule has 2 rings (SSSR count). The van der Waals surface area contributed by atoms with Crippen molar-refractivity contribution >= 4 is 0 Å². The van der Waals surface area contributed by atoms with Crippen molar-refractivity contribution in [3.8, 4) is 0 Å². The van der Waals surface area contributed by atoms with Gasteiger partial charge < -0.3 is 4.74 Å². The van der Waals surface area contributed by atoms with Crippen molar-refractivity contribution in [3.63, 3.8) is 0 Å². The largest absolute Gasteiger partial charge is 0.360 e. The van der Waals surface area contributed by atoms with E-state index in [-0.39, 0.29) is 0 Å². The first-order chi connectivity index (χ1) is 4.79. The molecule has 2 atom stereocenters. The van der Waals surface area contributed by atoms with Gasteiger partial charge in [-0.3, -0.25) is 0 Å². The molecule has 0 radical (unpaired) electrons. The van der Waals surface area contributed by atoms with E-state index in [2.05, 4.69) is 32.1 Å². The molecule has 0 N–H and O–H groups in total. The zero-order chi connectivity index (χ0) is 7.14. The van der Waals surface area contributed by atoms with E-state index in [4.69, 9.17) is 4.74 Å². The minimum atomic E-state index is 0.419.